The highest BCUT2D eigenvalue weighted by Crippen LogP contribution is 2.41. The lowest BCUT2D eigenvalue weighted by atomic mass is 9.98. The summed E-state index contributed by atoms with van der Waals surface area (Å²) in [6.07, 6.45) is 4.58. The van der Waals surface area contributed by atoms with Crippen molar-refractivity contribution in [3.63, 3.8) is 0 Å². The van der Waals surface area contributed by atoms with Crippen molar-refractivity contribution in [1.29, 1.82) is 0 Å². The topological polar surface area (TPSA) is 59.8 Å². The molecule has 5 heteroatoms. The second kappa shape index (κ2) is 9.79. The number of ether oxygens (including phenoxy) is 1. The largest absolute Gasteiger partial charge is 0.494 e. The van der Waals surface area contributed by atoms with E-state index in [9.17, 15) is 9.59 Å². The van der Waals surface area contributed by atoms with Crippen molar-refractivity contribution >= 4 is 22.6 Å². The van der Waals surface area contributed by atoms with Crippen LogP contribution in [-0.4, -0.2) is 12.5 Å². The summed E-state index contributed by atoms with van der Waals surface area (Å²) < 4.78 is 11.9. The fourth-order valence-electron chi connectivity index (χ4n) is 4.74. The van der Waals surface area contributed by atoms with Crippen LogP contribution >= 0.6 is 0 Å². The summed E-state index contributed by atoms with van der Waals surface area (Å²) in [4.78, 5) is 28.9. The standard InChI is InChI=1S/C30H29NO4/c1-3-4-5-8-18-34-23-16-14-21(15-17-23)27-26-28(32)24-12-6-7-13-25(24)35-29(26)30(33)31(27)22-11-9-10-20(2)19-22/h6-7,9-17,19,27H,3-5,8,18H2,1-2H3. The number of carbonyl (C=O) groups is 1. The number of benzene rings is 3. The molecule has 0 spiro atoms. The summed E-state index contributed by atoms with van der Waals surface area (Å²) in [7, 11) is 0. The van der Waals surface area contributed by atoms with Crippen LogP contribution in [0.5, 0.6) is 5.75 Å². The van der Waals surface area contributed by atoms with Crippen LogP contribution in [0.25, 0.3) is 11.0 Å². The number of hydrogen-bond acceptors (Lipinski definition) is 4. The Morgan fingerprint density at radius 1 is 0.914 bits per heavy atom. The van der Waals surface area contributed by atoms with Gasteiger partial charge in [0.05, 0.1) is 23.6 Å². The Kier molecular flexibility index (Phi) is 6.41. The Morgan fingerprint density at radius 2 is 1.71 bits per heavy atom. The molecular weight excluding hydrogens is 438 g/mol. The second-order valence-electron chi connectivity index (χ2n) is 9.06. The molecule has 1 atom stereocenters. The molecule has 0 N–H and O–H groups in total. The summed E-state index contributed by atoms with van der Waals surface area (Å²) in [6.45, 7) is 4.85. The fraction of sp³-hybridized carbons (Fsp3) is 0.267. The highest BCUT2D eigenvalue weighted by Gasteiger charge is 2.43. The number of carbonyl (C=O) groups excluding carboxylic acids is 1. The highest BCUT2D eigenvalue weighted by molar-refractivity contribution is 6.10. The van der Waals surface area contributed by atoms with Gasteiger partial charge in [0.15, 0.2) is 5.43 Å². The first-order chi connectivity index (χ1) is 17.1. The summed E-state index contributed by atoms with van der Waals surface area (Å²) in [5, 5.41) is 0.474. The van der Waals surface area contributed by atoms with Crippen LogP contribution in [0.1, 0.15) is 65.9 Å². The van der Waals surface area contributed by atoms with E-state index in [1.54, 1.807) is 23.1 Å². The van der Waals surface area contributed by atoms with Gasteiger partial charge in [-0.15, -0.1) is 0 Å². The molecule has 0 saturated heterocycles. The third kappa shape index (κ3) is 4.34. The van der Waals surface area contributed by atoms with Crippen molar-refractivity contribution in [1.82, 2.24) is 0 Å². The Labute approximate surface area is 205 Å². The smallest absolute Gasteiger partial charge is 0.295 e. The van der Waals surface area contributed by atoms with Crippen LogP contribution in [0.15, 0.2) is 82.0 Å². The lowest BCUT2D eigenvalue weighted by Crippen LogP contribution is -2.29. The second-order valence-corrected chi connectivity index (χ2v) is 9.06. The maximum absolute atomic E-state index is 13.7. The maximum Gasteiger partial charge on any atom is 0.295 e. The first-order valence-corrected chi connectivity index (χ1v) is 12.3. The molecule has 0 fully saturated rings. The summed E-state index contributed by atoms with van der Waals surface area (Å²) in [5.74, 6) is 0.577. The molecular formula is C30H29NO4. The van der Waals surface area contributed by atoms with Gasteiger partial charge in [0, 0.05) is 5.69 Å². The molecule has 4 aromatic rings. The van der Waals surface area contributed by atoms with Gasteiger partial charge in [-0.2, -0.15) is 0 Å². The number of amides is 1. The van der Waals surface area contributed by atoms with Gasteiger partial charge >= 0.3 is 0 Å². The number of anilines is 1. The lowest BCUT2D eigenvalue weighted by Gasteiger charge is -2.25. The Balaban J connectivity index is 1.56. The average Bonchev–Trinajstić information content (AvgIpc) is 3.17. The predicted molar refractivity (Wildman–Crippen MR) is 138 cm³/mol. The molecule has 0 aliphatic carbocycles. The zero-order valence-electron chi connectivity index (χ0n) is 20.1. The van der Waals surface area contributed by atoms with E-state index in [0.717, 1.165) is 35.4 Å². The van der Waals surface area contributed by atoms with Gasteiger partial charge in [0.1, 0.15) is 11.3 Å². The minimum absolute atomic E-state index is 0.108. The van der Waals surface area contributed by atoms with Crippen molar-refractivity contribution < 1.29 is 13.9 Å². The number of rotatable bonds is 8. The molecule has 0 radical (unpaired) electrons. The highest BCUT2D eigenvalue weighted by atomic mass is 16.5. The van der Waals surface area contributed by atoms with Crippen molar-refractivity contribution in [2.45, 2.75) is 45.6 Å². The zero-order chi connectivity index (χ0) is 24.4. The van der Waals surface area contributed by atoms with Crippen LogP contribution < -0.4 is 15.1 Å². The molecule has 1 aliphatic rings. The molecule has 3 aromatic carbocycles. The molecule has 5 rings (SSSR count). The van der Waals surface area contributed by atoms with Crippen molar-refractivity contribution in [2.24, 2.45) is 0 Å². The van der Waals surface area contributed by atoms with Gasteiger partial charge in [-0.25, -0.2) is 0 Å². The third-order valence-electron chi connectivity index (χ3n) is 6.52. The number of unbranched alkanes of at least 4 members (excludes halogenated alkanes) is 3. The number of para-hydroxylation sites is 1. The molecule has 5 nitrogen and oxygen atoms in total. The Hall–Kier alpha value is -3.86. The predicted octanol–water partition coefficient (Wildman–Crippen LogP) is 6.81. The summed E-state index contributed by atoms with van der Waals surface area (Å²) in [6, 6.07) is 21.9. The molecule has 1 aromatic heterocycles. The van der Waals surface area contributed by atoms with E-state index in [2.05, 4.69) is 6.92 Å². The van der Waals surface area contributed by atoms with Gasteiger partial charge in [0.2, 0.25) is 5.76 Å². The number of hydrogen-bond donors (Lipinski definition) is 0. The molecule has 1 unspecified atom stereocenters. The molecule has 0 bridgehead atoms. The third-order valence-corrected chi connectivity index (χ3v) is 6.52. The Morgan fingerprint density at radius 3 is 2.49 bits per heavy atom. The van der Waals surface area contributed by atoms with Crippen LogP contribution in [-0.2, 0) is 0 Å². The quantitative estimate of drug-likeness (QED) is 0.267. The van der Waals surface area contributed by atoms with E-state index < -0.39 is 6.04 Å². The van der Waals surface area contributed by atoms with E-state index in [4.69, 9.17) is 9.15 Å². The van der Waals surface area contributed by atoms with E-state index >= 15 is 0 Å². The van der Waals surface area contributed by atoms with E-state index in [0.29, 0.717) is 23.1 Å². The zero-order valence-corrected chi connectivity index (χ0v) is 20.1. The minimum atomic E-state index is -0.584. The normalized spacial score (nSPS) is 15.0. The van der Waals surface area contributed by atoms with Gasteiger partial charge in [-0.05, 0) is 60.9 Å². The number of fused-ring (bicyclic) bond motifs is 2. The monoisotopic (exact) mass is 467 g/mol. The minimum Gasteiger partial charge on any atom is -0.494 e. The molecule has 2 heterocycles. The van der Waals surface area contributed by atoms with Crippen molar-refractivity contribution in [3.05, 3.63) is 105 Å². The van der Waals surface area contributed by atoms with Crippen LogP contribution in [0.4, 0.5) is 5.69 Å². The van der Waals surface area contributed by atoms with E-state index in [1.807, 2.05) is 61.5 Å². The van der Waals surface area contributed by atoms with Gasteiger partial charge in [0.25, 0.3) is 5.91 Å². The first kappa shape index (κ1) is 22.9. The average molecular weight is 468 g/mol. The summed E-state index contributed by atoms with van der Waals surface area (Å²) >= 11 is 0. The Bertz CT molecular complexity index is 1420. The van der Waals surface area contributed by atoms with Crippen molar-refractivity contribution in [3.8, 4) is 5.75 Å². The van der Waals surface area contributed by atoms with Crippen LogP contribution in [0.2, 0.25) is 0 Å². The number of aryl methyl sites for hydroxylation is 1. The summed E-state index contributed by atoms with van der Waals surface area (Å²) in [5.41, 5.74) is 3.21. The lowest BCUT2D eigenvalue weighted by molar-refractivity contribution is 0.0971. The van der Waals surface area contributed by atoms with E-state index in [-0.39, 0.29) is 17.1 Å². The molecule has 35 heavy (non-hydrogen) atoms. The van der Waals surface area contributed by atoms with Crippen LogP contribution in [0.3, 0.4) is 0 Å². The van der Waals surface area contributed by atoms with Crippen molar-refractivity contribution in [2.75, 3.05) is 11.5 Å². The van der Waals surface area contributed by atoms with Crippen LogP contribution in [0, 0.1) is 6.92 Å². The maximum atomic E-state index is 13.7. The first-order valence-electron chi connectivity index (χ1n) is 12.3. The van der Waals surface area contributed by atoms with Gasteiger partial charge in [-0.1, -0.05) is 62.6 Å². The SMILES string of the molecule is CCCCCCOc1ccc(C2c3c(oc4ccccc4c3=O)C(=O)N2c2cccc(C)c2)cc1. The van der Waals surface area contributed by atoms with E-state index in [1.165, 1.54) is 12.8 Å². The molecule has 1 amide bonds. The van der Waals surface area contributed by atoms with Gasteiger partial charge < -0.3 is 9.15 Å². The number of nitrogens with zero attached hydrogens (tertiary/aromatic N) is 1. The molecule has 178 valence electrons. The molecule has 0 saturated carbocycles. The molecule has 1 aliphatic heterocycles. The van der Waals surface area contributed by atoms with Gasteiger partial charge in [-0.3, -0.25) is 14.5 Å². The fourth-order valence-corrected chi connectivity index (χ4v) is 4.74.